The molecule has 1 aromatic rings. The summed E-state index contributed by atoms with van der Waals surface area (Å²) in [7, 11) is 0. The summed E-state index contributed by atoms with van der Waals surface area (Å²) in [5, 5.41) is 9.76. The number of carbonyl (C=O) groups is 2. The average Bonchev–Trinajstić information content (AvgIpc) is 2.81. The second-order valence-corrected chi connectivity index (χ2v) is 5.98. The first-order valence-corrected chi connectivity index (χ1v) is 7.34. The highest BCUT2D eigenvalue weighted by atomic mass is 16.2. The molecule has 0 spiro atoms. The molecule has 1 fully saturated rings. The molecule has 0 unspecified atom stereocenters. The minimum absolute atomic E-state index is 0.0479. The summed E-state index contributed by atoms with van der Waals surface area (Å²) in [5.74, 6) is -0.401. The fraction of sp³-hybridized carbons (Fsp3) is 0.643. The summed E-state index contributed by atoms with van der Waals surface area (Å²) in [6, 6.07) is 0.0479. The number of hydrogen-bond donors (Lipinski definition) is 4. The third-order valence-corrected chi connectivity index (χ3v) is 4.09. The molecule has 6 N–H and O–H groups in total. The van der Waals surface area contributed by atoms with E-state index in [0.29, 0.717) is 18.5 Å². The molecule has 0 saturated heterocycles. The van der Waals surface area contributed by atoms with Gasteiger partial charge in [-0.1, -0.05) is 13.8 Å². The van der Waals surface area contributed by atoms with Gasteiger partial charge in [0.05, 0.1) is 11.4 Å². The first-order chi connectivity index (χ1) is 9.90. The van der Waals surface area contributed by atoms with Gasteiger partial charge in [-0.15, -0.1) is 0 Å². The van der Waals surface area contributed by atoms with Crippen molar-refractivity contribution in [3.05, 3.63) is 11.4 Å². The quantitative estimate of drug-likeness (QED) is 0.657. The van der Waals surface area contributed by atoms with E-state index in [1.165, 1.54) is 0 Å². The van der Waals surface area contributed by atoms with Crippen molar-refractivity contribution < 1.29 is 9.59 Å². The monoisotopic (exact) mass is 293 g/mol. The van der Waals surface area contributed by atoms with Crippen LogP contribution in [0.15, 0.2) is 0 Å². The van der Waals surface area contributed by atoms with E-state index < -0.39 is 0 Å². The molecule has 0 aromatic carbocycles. The lowest BCUT2D eigenvalue weighted by Crippen LogP contribution is -2.40. The molecular weight excluding hydrogens is 270 g/mol. The molecule has 0 atom stereocenters. The summed E-state index contributed by atoms with van der Waals surface area (Å²) in [4.78, 5) is 23.3. The molecule has 2 rings (SSSR count). The van der Waals surface area contributed by atoms with Gasteiger partial charge >= 0.3 is 0 Å². The van der Waals surface area contributed by atoms with E-state index in [0.717, 1.165) is 18.5 Å². The van der Waals surface area contributed by atoms with Crippen molar-refractivity contribution in [3.8, 4) is 0 Å². The van der Waals surface area contributed by atoms with Crippen molar-refractivity contribution >= 4 is 17.5 Å². The SMILES string of the molecule is CC(C)c1[nH]nc(C(=O)NC2CCC(C(N)=O)CC2)c1N. The zero-order chi connectivity index (χ0) is 15.6. The normalized spacial score (nSPS) is 22.2. The van der Waals surface area contributed by atoms with Gasteiger partial charge in [0.25, 0.3) is 5.91 Å². The van der Waals surface area contributed by atoms with Crippen molar-refractivity contribution in [1.82, 2.24) is 15.5 Å². The van der Waals surface area contributed by atoms with Crippen LogP contribution in [0, 0.1) is 5.92 Å². The summed E-state index contributed by atoms with van der Waals surface area (Å²) in [5.41, 5.74) is 12.7. The van der Waals surface area contributed by atoms with E-state index in [4.69, 9.17) is 11.5 Å². The number of carbonyl (C=O) groups excluding carboxylic acids is 2. The number of H-pyrrole nitrogens is 1. The largest absolute Gasteiger partial charge is 0.395 e. The predicted octanol–water partition coefficient (Wildman–Crippen LogP) is 0.889. The molecule has 1 aliphatic carbocycles. The second-order valence-electron chi connectivity index (χ2n) is 5.98. The number of anilines is 1. The summed E-state index contributed by atoms with van der Waals surface area (Å²) in [6.45, 7) is 3.97. The Morgan fingerprint density at radius 3 is 2.38 bits per heavy atom. The highest BCUT2D eigenvalue weighted by Gasteiger charge is 2.27. The maximum atomic E-state index is 12.2. The third-order valence-electron chi connectivity index (χ3n) is 4.09. The van der Waals surface area contributed by atoms with E-state index in [2.05, 4.69) is 15.5 Å². The molecule has 1 heterocycles. The molecule has 1 aromatic heterocycles. The Kier molecular flexibility index (Phi) is 4.50. The number of hydrogen-bond acceptors (Lipinski definition) is 4. The number of nitrogens with two attached hydrogens (primary N) is 2. The Morgan fingerprint density at radius 1 is 1.29 bits per heavy atom. The van der Waals surface area contributed by atoms with Crippen LogP contribution in [0.3, 0.4) is 0 Å². The lowest BCUT2D eigenvalue weighted by Gasteiger charge is -2.27. The van der Waals surface area contributed by atoms with Crippen molar-refractivity contribution in [2.75, 3.05) is 5.73 Å². The Balaban J connectivity index is 1.95. The van der Waals surface area contributed by atoms with E-state index in [9.17, 15) is 9.59 Å². The number of nitrogens with one attached hydrogen (secondary N) is 2. The second kappa shape index (κ2) is 6.15. The van der Waals surface area contributed by atoms with E-state index in [1.54, 1.807) is 0 Å². The molecule has 21 heavy (non-hydrogen) atoms. The van der Waals surface area contributed by atoms with Gasteiger partial charge in [-0.05, 0) is 31.6 Å². The standard InChI is InChI=1S/C14H23N5O2/c1-7(2)11-10(15)12(19-18-11)14(21)17-9-5-3-8(4-6-9)13(16)20/h7-9H,3-6,15H2,1-2H3,(H2,16,20)(H,17,21)(H,18,19). The molecular formula is C14H23N5O2. The average molecular weight is 293 g/mol. The molecule has 1 aliphatic rings. The van der Waals surface area contributed by atoms with Crippen molar-refractivity contribution in [3.63, 3.8) is 0 Å². The Morgan fingerprint density at radius 2 is 1.90 bits per heavy atom. The molecule has 7 heteroatoms. The zero-order valence-electron chi connectivity index (χ0n) is 12.5. The van der Waals surface area contributed by atoms with Crippen LogP contribution in [-0.2, 0) is 4.79 Å². The minimum Gasteiger partial charge on any atom is -0.395 e. The molecule has 2 amide bonds. The fourth-order valence-electron chi connectivity index (χ4n) is 2.75. The third kappa shape index (κ3) is 3.34. The van der Waals surface area contributed by atoms with Crippen molar-refractivity contribution in [2.24, 2.45) is 11.7 Å². The van der Waals surface area contributed by atoms with Crippen molar-refractivity contribution in [1.29, 1.82) is 0 Å². The minimum atomic E-state index is -0.266. The van der Waals surface area contributed by atoms with Gasteiger partial charge in [0.1, 0.15) is 0 Å². The predicted molar refractivity (Wildman–Crippen MR) is 79.5 cm³/mol. The number of nitrogens with zero attached hydrogens (tertiary/aromatic N) is 1. The van der Waals surface area contributed by atoms with Gasteiger partial charge < -0.3 is 16.8 Å². The van der Waals surface area contributed by atoms with Gasteiger partial charge in [0.2, 0.25) is 5.91 Å². The number of aromatic nitrogens is 2. The van der Waals surface area contributed by atoms with Crippen LogP contribution in [0.2, 0.25) is 0 Å². The molecule has 7 nitrogen and oxygen atoms in total. The smallest absolute Gasteiger partial charge is 0.274 e. The molecule has 116 valence electrons. The van der Waals surface area contributed by atoms with Crippen LogP contribution >= 0.6 is 0 Å². The lowest BCUT2D eigenvalue weighted by molar-refractivity contribution is -0.122. The number of primary amides is 1. The van der Waals surface area contributed by atoms with Gasteiger partial charge in [0.15, 0.2) is 5.69 Å². The van der Waals surface area contributed by atoms with Gasteiger partial charge in [-0.2, -0.15) is 5.10 Å². The fourth-order valence-corrected chi connectivity index (χ4v) is 2.75. The van der Waals surface area contributed by atoms with E-state index in [1.807, 2.05) is 13.8 Å². The Hall–Kier alpha value is -2.05. The zero-order valence-corrected chi connectivity index (χ0v) is 12.5. The first kappa shape index (κ1) is 15.3. The number of nitrogen functional groups attached to an aromatic ring is 1. The molecule has 0 radical (unpaired) electrons. The highest BCUT2D eigenvalue weighted by Crippen LogP contribution is 2.25. The highest BCUT2D eigenvalue weighted by molar-refractivity contribution is 5.97. The van der Waals surface area contributed by atoms with Crippen LogP contribution < -0.4 is 16.8 Å². The Bertz CT molecular complexity index is 529. The van der Waals surface area contributed by atoms with E-state index in [-0.39, 0.29) is 35.4 Å². The Labute approximate surface area is 123 Å². The van der Waals surface area contributed by atoms with Gasteiger partial charge in [0, 0.05) is 12.0 Å². The lowest BCUT2D eigenvalue weighted by atomic mass is 9.85. The topological polar surface area (TPSA) is 127 Å². The van der Waals surface area contributed by atoms with Crippen LogP contribution in [0.1, 0.15) is 61.6 Å². The summed E-state index contributed by atoms with van der Waals surface area (Å²) in [6.07, 6.45) is 2.93. The number of amides is 2. The summed E-state index contributed by atoms with van der Waals surface area (Å²) < 4.78 is 0. The first-order valence-electron chi connectivity index (χ1n) is 7.34. The van der Waals surface area contributed by atoms with E-state index >= 15 is 0 Å². The molecule has 0 bridgehead atoms. The van der Waals surface area contributed by atoms with Gasteiger partial charge in [-0.3, -0.25) is 14.7 Å². The molecule has 0 aliphatic heterocycles. The van der Waals surface area contributed by atoms with Gasteiger partial charge in [-0.25, -0.2) is 0 Å². The van der Waals surface area contributed by atoms with Crippen LogP contribution in [0.5, 0.6) is 0 Å². The number of rotatable bonds is 4. The molecule has 1 saturated carbocycles. The maximum absolute atomic E-state index is 12.2. The maximum Gasteiger partial charge on any atom is 0.274 e. The summed E-state index contributed by atoms with van der Waals surface area (Å²) >= 11 is 0. The van der Waals surface area contributed by atoms with Crippen LogP contribution in [-0.4, -0.2) is 28.1 Å². The van der Waals surface area contributed by atoms with Crippen molar-refractivity contribution in [2.45, 2.75) is 51.5 Å². The van der Waals surface area contributed by atoms with Crippen LogP contribution in [0.4, 0.5) is 5.69 Å². The van der Waals surface area contributed by atoms with Crippen LogP contribution in [0.25, 0.3) is 0 Å². The number of aromatic amines is 1.